The Morgan fingerprint density at radius 2 is 1.80 bits per heavy atom. The van der Waals surface area contributed by atoms with Crippen LogP contribution in [-0.4, -0.2) is 44.5 Å². The number of nitrogens with one attached hydrogen (secondary N) is 2. The number of pyridine rings is 2. The van der Waals surface area contributed by atoms with Crippen molar-refractivity contribution in [3.8, 4) is 5.82 Å². The fourth-order valence-corrected chi connectivity index (χ4v) is 4.97. The van der Waals surface area contributed by atoms with E-state index >= 15 is 0 Å². The molecule has 0 aliphatic heterocycles. The number of aryl methyl sites for hydroxylation is 1. The molecule has 0 spiro atoms. The molecule has 8 nitrogen and oxygen atoms in total. The van der Waals surface area contributed by atoms with Gasteiger partial charge in [-0.05, 0) is 64.3 Å². The third-order valence-corrected chi connectivity index (χ3v) is 6.98. The number of carbonyl (C=O) groups is 2. The van der Waals surface area contributed by atoms with Crippen molar-refractivity contribution in [1.82, 2.24) is 25.1 Å². The molecule has 41 heavy (non-hydrogen) atoms. The molecule has 3 aromatic heterocycles. The van der Waals surface area contributed by atoms with Crippen molar-refractivity contribution in [3.63, 3.8) is 0 Å². The predicted molar refractivity (Wildman–Crippen MR) is 153 cm³/mol. The summed E-state index contributed by atoms with van der Waals surface area (Å²) in [6.45, 7) is 1.90. The van der Waals surface area contributed by atoms with Crippen LogP contribution in [-0.2, 0) is 12.6 Å². The number of amides is 1. The molecule has 15 heteroatoms. The van der Waals surface area contributed by atoms with E-state index < -0.39 is 17.6 Å². The lowest BCUT2D eigenvalue weighted by Gasteiger charge is -2.15. The lowest BCUT2D eigenvalue weighted by molar-refractivity contribution is -0.137. The normalized spacial score (nSPS) is 11.4. The van der Waals surface area contributed by atoms with Crippen LogP contribution in [0.5, 0.6) is 0 Å². The summed E-state index contributed by atoms with van der Waals surface area (Å²) in [6.07, 6.45) is -2.54. The van der Waals surface area contributed by atoms with Gasteiger partial charge in [-0.25, -0.2) is 14.6 Å². The van der Waals surface area contributed by atoms with E-state index in [1.165, 1.54) is 23.0 Å². The molecule has 214 valence electrons. The third-order valence-electron chi connectivity index (χ3n) is 5.80. The van der Waals surface area contributed by atoms with Gasteiger partial charge in [-0.15, -0.1) is 0 Å². The summed E-state index contributed by atoms with van der Waals surface area (Å²) >= 11 is 21.7. The number of halogens is 7. The van der Waals surface area contributed by atoms with Gasteiger partial charge in [-0.1, -0.05) is 34.8 Å². The smallest absolute Gasteiger partial charge is 0.367 e. The molecule has 0 fully saturated rings. The van der Waals surface area contributed by atoms with Gasteiger partial charge in [0.15, 0.2) is 11.6 Å². The molecule has 0 unspecified atom stereocenters. The van der Waals surface area contributed by atoms with Gasteiger partial charge in [-0.2, -0.15) is 18.3 Å². The van der Waals surface area contributed by atoms with E-state index in [-0.39, 0.29) is 53.2 Å². The monoisotopic (exact) mass is 688 g/mol. The molecule has 2 N–H and O–H groups in total. The van der Waals surface area contributed by atoms with E-state index in [2.05, 4.69) is 41.6 Å². The average Bonchev–Trinajstić information content (AvgIpc) is 3.29. The van der Waals surface area contributed by atoms with Crippen LogP contribution in [0.3, 0.4) is 0 Å². The summed E-state index contributed by atoms with van der Waals surface area (Å²) in [5.41, 5.74) is 0.487. The van der Waals surface area contributed by atoms with Crippen LogP contribution >= 0.6 is 50.7 Å². The topological polar surface area (TPSA) is 102 Å². The van der Waals surface area contributed by atoms with Crippen LogP contribution in [0.1, 0.15) is 37.5 Å². The molecular formula is C26H19BrCl3F3N6O2. The number of rotatable bonds is 9. The second-order valence-electron chi connectivity index (χ2n) is 8.66. The Morgan fingerprint density at radius 3 is 2.49 bits per heavy atom. The Hall–Kier alpha value is -3.19. The molecule has 0 atom stereocenters. The highest BCUT2D eigenvalue weighted by Crippen LogP contribution is 2.32. The summed E-state index contributed by atoms with van der Waals surface area (Å²) in [6, 6.07) is 8.67. The first kappa shape index (κ1) is 30.8. The fourth-order valence-electron chi connectivity index (χ4n) is 3.88. The van der Waals surface area contributed by atoms with Crippen LogP contribution < -0.4 is 10.6 Å². The maximum absolute atomic E-state index is 13.5. The zero-order valence-corrected chi connectivity index (χ0v) is 24.8. The van der Waals surface area contributed by atoms with Gasteiger partial charge in [0, 0.05) is 48.6 Å². The Labute approximate surface area is 255 Å². The Kier molecular flexibility index (Phi) is 9.58. The van der Waals surface area contributed by atoms with Gasteiger partial charge in [0.25, 0.3) is 5.91 Å². The highest BCUT2D eigenvalue weighted by Gasteiger charge is 2.31. The number of hydrogen-bond donors (Lipinski definition) is 2. The Morgan fingerprint density at radius 1 is 1.05 bits per heavy atom. The number of hydrogen-bond acceptors (Lipinski definition) is 6. The van der Waals surface area contributed by atoms with Crippen molar-refractivity contribution in [3.05, 3.63) is 96.4 Å². The standard InChI is InChI=1S/C26H19BrCl3F3N6O2/c1-13-7-15(28)9-17(25(41)36-6-5-34-23-19(30)8-14(12-37-23)26(31,32)33)16(13)10-21(40)20-11-22(27)38-39(20)24-18(29)3-2-4-35-24/h2-4,7-9,11-12H,5-6,10H2,1H3,(H,34,37)(H,36,41). The molecule has 0 aliphatic rings. The van der Waals surface area contributed by atoms with E-state index in [0.29, 0.717) is 32.0 Å². The molecule has 3 heterocycles. The molecule has 0 aliphatic carbocycles. The molecule has 0 saturated carbocycles. The summed E-state index contributed by atoms with van der Waals surface area (Å²) in [4.78, 5) is 34.5. The molecule has 4 rings (SSSR count). The minimum atomic E-state index is -4.57. The zero-order valence-electron chi connectivity index (χ0n) is 21.0. The summed E-state index contributed by atoms with van der Waals surface area (Å²) in [7, 11) is 0. The lowest BCUT2D eigenvalue weighted by atomic mass is 9.95. The number of nitrogens with zero attached hydrogens (tertiary/aromatic N) is 4. The van der Waals surface area contributed by atoms with E-state index in [1.807, 2.05) is 0 Å². The molecule has 1 amide bonds. The van der Waals surface area contributed by atoms with Gasteiger partial charge in [0.05, 0.1) is 15.6 Å². The third kappa shape index (κ3) is 7.37. The van der Waals surface area contributed by atoms with Crippen LogP contribution in [0.2, 0.25) is 15.1 Å². The van der Waals surface area contributed by atoms with Crippen molar-refractivity contribution < 1.29 is 22.8 Å². The number of alkyl halides is 3. The molecular weight excluding hydrogens is 672 g/mol. The fraction of sp³-hybridized carbons (Fsp3) is 0.192. The summed E-state index contributed by atoms with van der Waals surface area (Å²) < 4.78 is 40.2. The van der Waals surface area contributed by atoms with Gasteiger partial charge in [-0.3, -0.25) is 9.59 Å². The van der Waals surface area contributed by atoms with Gasteiger partial charge < -0.3 is 10.6 Å². The maximum Gasteiger partial charge on any atom is 0.417 e. The number of aromatic nitrogens is 4. The first-order valence-electron chi connectivity index (χ1n) is 11.8. The van der Waals surface area contributed by atoms with Crippen LogP contribution in [0.25, 0.3) is 5.82 Å². The van der Waals surface area contributed by atoms with E-state index in [9.17, 15) is 22.8 Å². The van der Waals surface area contributed by atoms with E-state index in [0.717, 1.165) is 6.07 Å². The largest absolute Gasteiger partial charge is 0.417 e. The summed E-state index contributed by atoms with van der Waals surface area (Å²) in [5.74, 6) is -0.554. The average molecular weight is 691 g/mol. The highest BCUT2D eigenvalue weighted by atomic mass is 79.9. The first-order chi connectivity index (χ1) is 19.3. The molecule has 1 aromatic carbocycles. The van der Waals surface area contributed by atoms with Crippen molar-refractivity contribution >= 4 is 68.2 Å². The predicted octanol–water partition coefficient (Wildman–Crippen LogP) is 6.98. The Balaban J connectivity index is 1.48. The number of ketones is 1. The second kappa shape index (κ2) is 12.8. The van der Waals surface area contributed by atoms with Gasteiger partial charge in [0.2, 0.25) is 0 Å². The molecule has 0 radical (unpaired) electrons. The van der Waals surface area contributed by atoms with Crippen molar-refractivity contribution in [1.29, 1.82) is 0 Å². The maximum atomic E-state index is 13.5. The lowest BCUT2D eigenvalue weighted by Crippen LogP contribution is -2.30. The van der Waals surface area contributed by atoms with Crippen molar-refractivity contribution in [2.24, 2.45) is 0 Å². The van der Waals surface area contributed by atoms with E-state index in [1.54, 1.807) is 25.1 Å². The quantitative estimate of drug-likeness (QED) is 0.145. The summed E-state index contributed by atoms with van der Waals surface area (Å²) in [5, 5.41) is 10.2. The highest BCUT2D eigenvalue weighted by molar-refractivity contribution is 9.10. The van der Waals surface area contributed by atoms with E-state index in [4.69, 9.17) is 34.8 Å². The van der Waals surface area contributed by atoms with Crippen LogP contribution in [0.4, 0.5) is 19.0 Å². The second-order valence-corrected chi connectivity index (χ2v) is 10.7. The van der Waals surface area contributed by atoms with Gasteiger partial charge >= 0.3 is 6.18 Å². The molecule has 0 bridgehead atoms. The zero-order chi connectivity index (χ0) is 29.9. The minimum absolute atomic E-state index is 0.0367. The minimum Gasteiger partial charge on any atom is -0.367 e. The van der Waals surface area contributed by atoms with Crippen molar-refractivity contribution in [2.45, 2.75) is 19.5 Å². The van der Waals surface area contributed by atoms with Crippen molar-refractivity contribution in [2.75, 3.05) is 18.4 Å². The molecule has 0 saturated heterocycles. The first-order valence-corrected chi connectivity index (χ1v) is 13.7. The SMILES string of the molecule is Cc1cc(Cl)cc(C(=O)NCCNc2ncc(C(F)(F)F)cc2Cl)c1CC(=O)c1cc(Br)nn1-c1ncccc1Cl. The molecule has 4 aromatic rings. The number of carbonyl (C=O) groups excluding carboxylic acids is 2. The number of benzene rings is 1. The number of anilines is 1. The Bertz CT molecular complexity index is 1630. The van der Waals surface area contributed by atoms with Crippen LogP contribution in [0, 0.1) is 6.92 Å². The van der Waals surface area contributed by atoms with Gasteiger partial charge in [0.1, 0.15) is 16.1 Å². The van der Waals surface area contributed by atoms with Crippen LogP contribution in [0.15, 0.2) is 53.4 Å². The number of Topliss-reactive ketones (excluding diaryl/α,β-unsaturated/α-hetero) is 1.